The van der Waals surface area contributed by atoms with Gasteiger partial charge in [-0.15, -0.1) is 0 Å². The van der Waals surface area contributed by atoms with Crippen LogP contribution in [0.25, 0.3) is 10.9 Å². The molecule has 2 heterocycles. The number of pyridine rings is 1. The van der Waals surface area contributed by atoms with Gasteiger partial charge in [0.05, 0.1) is 11.6 Å². The molecule has 0 saturated carbocycles. The highest BCUT2D eigenvalue weighted by Gasteiger charge is 2.14. The van der Waals surface area contributed by atoms with Crippen LogP contribution in [0.15, 0.2) is 36.5 Å². The Balaban J connectivity index is 1.42. The van der Waals surface area contributed by atoms with Crippen LogP contribution in [0.2, 0.25) is 0 Å². The van der Waals surface area contributed by atoms with Crippen LogP contribution in [0.3, 0.4) is 0 Å². The second-order valence-electron chi connectivity index (χ2n) is 5.05. The van der Waals surface area contributed by atoms with Crippen molar-refractivity contribution in [2.24, 2.45) is 0 Å². The number of hydrogen-bond acceptors (Lipinski definition) is 4. The first-order valence-corrected chi connectivity index (χ1v) is 7.22. The molecule has 106 valence electrons. The number of benzene rings is 1. The molecular weight excluding hydrogens is 252 g/mol. The van der Waals surface area contributed by atoms with Crippen molar-refractivity contribution in [2.45, 2.75) is 18.9 Å². The molecule has 1 atom stereocenters. The molecule has 0 bridgehead atoms. The average molecular weight is 272 g/mol. The monoisotopic (exact) mass is 272 g/mol. The van der Waals surface area contributed by atoms with E-state index < -0.39 is 0 Å². The van der Waals surface area contributed by atoms with Gasteiger partial charge in [0.1, 0.15) is 12.4 Å². The lowest BCUT2D eigenvalue weighted by molar-refractivity contribution is 0.109. The maximum atomic E-state index is 5.74. The summed E-state index contributed by atoms with van der Waals surface area (Å²) in [6.45, 7) is 3.32. The lowest BCUT2D eigenvalue weighted by Gasteiger charge is -2.11. The van der Waals surface area contributed by atoms with Gasteiger partial charge in [-0.05, 0) is 31.0 Å². The van der Waals surface area contributed by atoms with Crippen LogP contribution in [0.5, 0.6) is 5.75 Å². The van der Waals surface area contributed by atoms with Crippen molar-refractivity contribution < 1.29 is 9.47 Å². The van der Waals surface area contributed by atoms with Crippen molar-refractivity contribution in [1.82, 2.24) is 10.3 Å². The maximum Gasteiger partial charge on any atom is 0.121 e. The second kappa shape index (κ2) is 6.68. The van der Waals surface area contributed by atoms with E-state index in [0.717, 1.165) is 36.3 Å². The highest BCUT2D eigenvalue weighted by atomic mass is 16.5. The van der Waals surface area contributed by atoms with E-state index in [1.54, 1.807) is 6.20 Å². The Kier molecular flexibility index (Phi) is 4.46. The fraction of sp³-hybridized carbons (Fsp3) is 0.438. The average Bonchev–Trinajstić information content (AvgIpc) is 3.00. The third-order valence-corrected chi connectivity index (χ3v) is 3.52. The number of nitrogens with one attached hydrogen (secondary N) is 1. The van der Waals surface area contributed by atoms with E-state index >= 15 is 0 Å². The molecule has 0 radical (unpaired) electrons. The molecule has 1 aromatic heterocycles. The summed E-state index contributed by atoms with van der Waals surface area (Å²) < 4.78 is 11.3. The lowest BCUT2D eigenvalue weighted by Crippen LogP contribution is -2.29. The fourth-order valence-electron chi connectivity index (χ4n) is 2.45. The van der Waals surface area contributed by atoms with Crippen molar-refractivity contribution in [3.05, 3.63) is 36.5 Å². The van der Waals surface area contributed by atoms with Gasteiger partial charge in [0.2, 0.25) is 0 Å². The Labute approximate surface area is 119 Å². The highest BCUT2D eigenvalue weighted by Crippen LogP contribution is 2.18. The van der Waals surface area contributed by atoms with E-state index in [9.17, 15) is 0 Å². The molecule has 0 aliphatic carbocycles. The fourth-order valence-corrected chi connectivity index (χ4v) is 2.45. The summed E-state index contributed by atoms with van der Waals surface area (Å²) in [6.07, 6.45) is 4.55. The van der Waals surface area contributed by atoms with E-state index in [-0.39, 0.29) is 0 Å². The van der Waals surface area contributed by atoms with Gasteiger partial charge in [-0.2, -0.15) is 0 Å². The minimum atomic E-state index is 0.389. The summed E-state index contributed by atoms with van der Waals surface area (Å²) in [7, 11) is 0. The Morgan fingerprint density at radius 3 is 3.25 bits per heavy atom. The van der Waals surface area contributed by atoms with E-state index in [2.05, 4.69) is 16.4 Å². The van der Waals surface area contributed by atoms with Gasteiger partial charge in [0.25, 0.3) is 0 Å². The second-order valence-corrected chi connectivity index (χ2v) is 5.05. The van der Waals surface area contributed by atoms with Crippen LogP contribution in [0.4, 0.5) is 0 Å². The SMILES string of the molecule is c1cnc2cc(OCCNCC3CCCO3)ccc2c1. The number of ether oxygens (including phenoxy) is 2. The zero-order valence-corrected chi connectivity index (χ0v) is 11.5. The first-order chi connectivity index (χ1) is 9.92. The molecular formula is C16H20N2O2. The molecule has 2 aromatic rings. The first kappa shape index (κ1) is 13.3. The number of nitrogens with zero attached hydrogens (tertiary/aromatic N) is 1. The van der Waals surface area contributed by atoms with Crippen molar-refractivity contribution in [1.29, 1.82) is 0 Å². The van der Waals surface area contributed by atoms with Gasteiger partial charge in [0, 0.05) is 37.3 Å². The van der Waals surface area contributed by atoms with Gasteiger partial charge >= 0.3 is 0 Å². The number of hydrogen-bond donors (Lipinski definition) is 1. The molecule has 1 N–H and O–H groups in total. The van der Waals surface area contributed by atoms with Crippen LogP contribution in [0.1, 0.15) is 12.8 Å². The zero-order chi connectivity index (χ0) is 13.6. The minimum absolute atomic E-state index is 0.389. The third kappa shape index (κ3) is 3.46. The van der Waals surface area contributed by atoms with Crippen LogP contribution >= 0.6 is 0 Å². The van der Waals surface area contributed by atoms with Gasteiger partial charge in [-0.25, -0.2) is 0 Å². The van der Waals surface area contributed by atoms with Crippen molar-refractivity contribution in [2.75, 3.05) is 26.3 Å². The number of rotatable bonds is 6. The van der Waals surface area contributed by atoms with Crippen LogP contribution in [-0.2, 0) is 4.74 Å². The van der Waals surface area contributed by atoms with Gasteiger partial charge in [0.15, 0.2) is 0 Å². The van der Waals surface area contributed by atoms with Crippen LogP contribution in [-0.4, -0.2) is 37.4 Å². The first-order valence-electron chi connectivity index (χ1n) is 7.22. The Hall–Kier alpha value is -1.65. The normalized spacial score (nSPS) is 18.5. The molecule has 3 rings (SSSR count). The standard InChI is InChI=1S/C16H20N2O2/c1-3-13-5-6-14(11-16(13)18-7-1)20-10-8-17-12-15-4-2-9-19-15/h1,3,5-7,11,15,17H,2,4,8-10,12H2. The molecule has 1 saturated heterocycles. The molecule has 4 nitrogen and oxygen atoms in total. The minimum Gasteiger partial charge on any atom is -0.492 e. The van der Waals surface area contributed by atoms with Gasteiger partial charge < -0.3 is 14.8 Å². The molecule has 1 unspecified atom stereocenters. The maximum absolute atomic E-state index is 5.74. The molecule has 1 aromatic carbocycles. The topological polar surface area (TPSA) is 43.4 Å². The number of fused-ring (bicyclic) bond motifs is 1. The highest BCUT2D eigenvalue weighted by molar-refractivity contribution is 5.79. The van der Waals surface area contributed by atoms with E-state index in [1.165, 1.54) is 12.8 Å². The lowest BCUT2D eigenvalue weighted by atomic mass is 10.2. The van der Waals surface area contributed by atoms with E-state index in [1.807, 2.05) is 24.3 Å². The summed E-state index contributed by atoms with van der Waals surface area (Å²) in [4.78, 5) is 4.33. The van der Waals surface area contributed by atoms with Gasteiger partial charge in [-0.3, -0.25) is 4.98 Å². The molecule has 0 spiro atoms. The largest absolute Gasteiger partial charge is 0.492 e. The Morgan fingerprint density at radius 2 is 2.35 bits per heavy atom. The van der Waals surface area contributed by atoms with Crippen molar-refractivity contribution >= 4 is 10.9 Å². The quantitative estimate of drug-likeness (QED) is 0.820. The molecule has 0 amide bonds. The zero-order valence-electron chi connectivity index (χ0n) is 11.5. The smallest absolute Gasteiger partial charge is 0.121 e. The molecule has 1 fully saturated rings. The molecule has 1 aliphatic rings. The summed E-state index contributed by atoms with van der Waals surface area (Å²) in [5.74, 6) is 0.870. The van der Waals surface area contributed by atoms with E-state index in [4.69, 9.17) is 9.47 Å². The Bertz CT molecular complexity index is 553. The summed E-state index contributed by atoms with van der Waals surface area (Å²) >= 11 is 0. The van der Waals surface area contributed by atoms with Crippen LogP contribution in [0, 0.1) is 0 Å². The summed E-state index contributed by atoms with van der Waals surface area (Å²) in [6, 6.07) is 10.0. The number of aromatic nitrogens is 1. The van der Waals surface area contributed by atoms with E-state index in [0.29, 0.717) is 12.7 Å². The van der Waals surface area contributed by atoms with Crippen LogP contribution < -0.4 is 10.1 Å². The molecule has 4 heteroatoms. The summed E-state index contributed by atoms with van der Waals surface area (Å²) in [5, 5.41) is 4.50. The van der Waals surface area contributed by atoms with Gasteiger partial charge in [-0.1, -0.05) is 6.07 Å². The summed E-state index contributed by atoms with van der Waals surface area (Å²) in [5.41, 5.74) is 0.970. The molecule has 1 aliphatic heterocycles. The van der Waals surface area contributed by atoms with Crippen molar-refractivity contribution in [3.63, 3.8) is 0 Å². The third-order valence-electron chi connectivity index (χ3n) is 3.52. The van der Waals surface area contributed by atoms with Crippen molar-refractivity contribution in [3.8, 4) is 5.75 Å². The predicted octanol–water partition coefficient (Wildman–Crippen LogP) is 2.38. The molecule has 20 heavy (non-hydrogen) atoms. The Morgan fingerprint density at radius 1 is 1.35 bits per heavy atom. The predicted molar refractivity (Wildman–Crippen MR) is 79.1 cm³/mol.